The van der Waals surface area contributed by atoms with E-state index < -0.39 is 5.97 Å². The molecule has 8 heteroatoms. The highest BCUT2D eigenvalue weighted by Gasteiger charge is 2.20. The number of thioether (sulfide) groups is 1. The number of nitrogens with zero attached hydrogens (tertiary/aromatic N) is 2. The molecule has 0 aliphatic heterocycles. The van der Waals surface area contributed by atoms with Crippen molar-refractivity contribution < 1.29 is 9.90 Å². The van der Waals surface area contributed by atoms with Gasteiger partial charge in [0.25, 0.3) is 5.56 Å². The largest absolute Gasteiger partial charge is 0.477 e. The summed E-state index contributed by atoms with van der Waals surface area (Å²) < 4.78 is 0. The topological polar surface area (TPSA) is 95.9 Å². The van der Waals surface area contributed by atoms with Crippen molar-refractivity contribution in [2.24, 2.45) is 0 Å². The fourth-order valence-electron chi connectivity index (χ4n) is 1.59. The molecule has 2 rings (SSSR count). The highest BCUT2D eigenvalue weighted by Crippen LogP contribution is 2.24. The number of aromatic carboxylic acids is 1. The second-order valence-corrected chi connectivity index (χ2v) is 7.55. The van der Waals surface area contributed by atoms with E-state index in [0.717, 1.165) is 4.88 Å². The monoisotopic (exact) mass is 325 g/mol. The maximum Gasteiger partial charge on any atom is 0.345 e. The number of rotatable bonds is 4. The van der Waals surface area contributed by atoms with Crippen molar-refractivity contribution in [1.29, 1.82) is 0 Å². The van der Waals surface area contributed by atoms with E-state index in [9.17, 15) is 9.59 Å². The van der Waals surface area contributed by atoms with Crippen molar-refractivity contribution >= 4 is 29.1 Å². The lowest BCUT2D eigenvalue weighted by Gasteiger charge is -2.15. The van der Waals surface area contributed by atoms with Crippen LogP contribution in [0.4, 0.5) is 0 Å². The normalized spacial score (nSPS) is 11.6. The molecule has 0 saturated carbocycles. The van der Waals surface area contributed by atoms with E-state index in [0.29, 0.717) is 21.5 Å². The van der Waals surface area contributed by atoms with Gasteiger partial charge in [-0.05, 0) is 12.1 Å². The fourth-order valence-corrected chi connectivity index (χ4v) is 3.28. The van der Waals surface area contributed by atoms with Gasteiger partial charge in [-0.15, -0.1) is 21.5 Å². The van der Waals surface area contributed by atoms with Crippen LogP contribution in [0.3, 0.4) is 0 Å². The predicted molar refractivity (Wildman–Crippen MR) is 82.2 cm³/mol. The predicted octanol–water partition coefficient (Wildman–Crippen LogP) is 2.51. The van der Waals surface area contributed by atoms with Crippen molar-refractivity contribution in [1.82, 2.24) is 15.2 Å². The van der Waals surface area contributed by atoms with Gasteiger partial charge in [-0.1, -0.05) is 32.5 Å². The number of nitrogens with one attached hydrogen (secondary N) is 1. The number of thiophene rings is 1. The summed E-state index contributed by atoms with van der Waals surface area (Å²) in [5.74, 6) is -0.392. The lowest BCUT2D eigenvalue weighted by Crippen LogP contribution is -2.27. The summed E-state index contributed by atoms with van der Waals surface area (Å²) in [6.45, 7) is 5.70. The molecular formula is C13H15N3O3S2. The second kappa shape index (κ2) is 5.98. The molecule has 21 heavy (non-hydrogen) atoms. The quantitative estimate of drug-likeness (QED) is 0.839. The van der Waals surface area contributed by atoms with Gasteiger partial charge in [0.1, 0.15) is 10.6 Å². The van der Waals surface area contributed by atoms with Gasteiger partial charge in [0.2, 0.25) is 0 Å². The summed E-state index contributed by atoms with van der Waals surface area (Å²) in [4.78, 5) is 26.6. The van der Waals surface area contributed by atoms with Crippen LogP contribution in [0.5, 0.6) is 0 Å². The average Bonchev–Trinajstić information content (AvgIpc) is 2.83. The van der Waals surface area contributed by atoms with Gasteiger partial charge in [0.05, 0.1) is 0 Å². The van der Waals surface area contributed by atoms with Crippen LogP contribution in [-0.2, 0) is 11.2 Å². The molecule has 2 aromatic rings. The van der Waals surface area contributed by atoms with E-state index in [-0.39, 0.29) is 11.0 Å². The van der Waals surface area contributed by atoms with Crippen LogP contribution in [-0.4, -0.2) is 26.3 Å². The summed E-state index contributed by atoms with van der Waals surface area (Å²) >= 11 is 2.53. The Kier molecular flexibility index (Phi) is 4.48. The van der Waals surface area contributed by atoms with Crippen LogP contribution < -0.4 is 5.56 Å². The molecule has 0 bridgehead atoms. The maximum atomic E-state index is 11.9. The number of hydrogen-bond acceptors (Lipinski definition) is 6. The molecule has 2 heterocycles. The zero-order valence-corrected chi connectivity index (χ0v) is 13.5. The number of aromatic amines is 1. The molecule has 0 aliphatic rings. The SMILES string of the molecule is CC(C)(C)c1nnc(SCc2ccc(C(=O)O)s2)[nH]c1=O. The van der Waals surface area contributed by atoms with Gasteiger partial charge in [0.15, 0.2) is 5.16 Å². The number of carboxylic acid groups (broad SMARTS) is 1. The highest BCUT2D eigenvalue weighted by molar-refractivity contribution is 7.98. The maximum absolute atomic E-state index is 11.9. The number of aromatic nitrogens is 3. The third kappa shape index (κ3) is 3.92. The minimum Gasteiger partial charge on any atom is -0.477 e. The molecule has 2 N–H and O–H groups in total. The number of H-pyrrole nitrogens is 1. The standard InChI is InChI=1S/C13H15N3O3S2/c1-13(2,3)9-10(17)14-12(16-15-9)20-6-7-4-5-8(21-7)11(18)19/h4-5H,6H2,1-3H3,(H,18,19)(H,14,16,17). The lowest BCUT2D eigenvalue weighted by atomic mass is 9.93. The summed E-state index contributed by atoms with van der Waals surface area (Å²) in [6.07, 6.45) is 0. The number of carbonyl (C=O) groups is 1. The molecular weight excluding hydrogens is 310 g/mol. The zero-order chi connectivity index (χ0) is 15.6. The molecule has 0 amide bonds. The van der Waals surface area contributed by atoms with E-state index in [1.165, 1.54) is 23.1 Å². The van der Waals surface area contributed by atoms with E-state index >= 15 is 0 Å². The minimum absolute atomic E-state index is 0.239. The van der Waals surface area contributed by atoms with Crippen molar-refractivity contribution in [2.75, 3.05) is 0 Å². The third-order valence-electron chi connectivity index (χ3n) is 2.61. The molecule has 112 valence electrons. The van der Waals surface area contributed by atoms with Gasteiger partial charge in [-0.3, -0.25) is 9.78 Å². The van der Waals surface area contributed by atoms with Crippen molar-refractivity contribution in [3.8, 4) is 0 Å². The average molecular weight is 325 g/mol. The number of hydrogen-bond donors (Lipinski definition) is 2. The van der Waals surface area contributed by atoms with Crippen molar-refractivity contribution in [3.05, 3.63) is 37.9 Å². The molecule has 0 atom stereocenters. The third-order valence-corrected chi connectivity index (χ3v) is 4.78. The van der Waals surface area contributed by atoms with E-state index in [4.69, 9.17) is 5.11 Å². The van der Waals surface area contributed by atoms with Crippen molar-refractivity contribution in [2.45, 2.75) is 37.1 Å². The Bertz CT molecular complexity index is 716. The van der Waals surface area contributed by atoms with Crippen molar-refractivity contribution in [3.63, 3.8) is 0 Å². The Labute approximate surface area is 129 Å². The Morgan fingerprint density at radius 3 is 2.62 bits per heavy atom. The van der Waals surface area contributed by atoms with E-state index in [1.807, 2.05) is 20.8 Å². The zero-order valence-electron chi connectivity index (χ0n) is 11.8. The first kappa shape index (κ1) is 15.7. The van der Waals surface area contributed by atoms with Crippen LogP contribution in [0.15, 0.2) is 22.1 Å². The van der Waals surface area contributed by atoms with E-state index in [1.54, 1.807) is 12.1 Å². The first-order chi connectivity index (χ1) is 9.77. The van der Waals surface area contributed by atoms with Crippen LogP contribution >= 0.6 is 23.1 Å². The minimum atomic E-state index is -0.932. The van der Waals surface area contributed by atoms with E-state index in [2.05, 4.69) is 15.2 Å². The molecule has 0 radical (unpaired) electrons. The molecule has 0 fully saturated rings. The Morgan fingerprint density at radius 1 is 1.38 bits per heavy atom. The summed E-state index contributed by atoms with van der Waals surface area (Å²) in [5, 5.41) is 17.3. The highest BCUT2D eigenvalue weighted by atomic mass is 32.2. The first-order valence-corrected chi connectivity index (χ1v) is 8.00. The molecule has 0 spiro atoms. The van der Waals surface area contributed by atoms with Crippen LogP contribution in [0.2, 0.25) is 0 Å². The molecule has 2 aromatic heterocycles. The number of carboxylic acids is 1. The molecule has 0 saturated heterocycles. The Morgan fingerprint density at radius 2 is 2.10 bits per heavy atom. The summed E-state index contributed by atoms with van der Waals surface area (Å²) in [5.41, 5.74) is -0.193. The first-order valence-electron chi connectivity index (χ1n) is 6.19. The molecule has 0 aromatic carbocycles. The van der Waals surface area contributed by atoms with Crippen LogP contribution in [0, 0.1) is 0 Å². The summed E-state index contributed by atoms with van der Waals surface area (Å²) in [6, 6.07) is 3.33. The summed E-state index contributed by atoms with van der Waals surface area (Å²) in [7, 11) is 0. The van der Waals surface area contributed by atoms with Gasteiger partial charge in [-0.2, -0.15) is 0 Å². The van der Waals surface area contributed by atoms with Crippen LogP contribution in [0.25, 0.3) is 0 Å². The Hall–Kier alpha value is -1.67. The Balaban J connectivity index is 2.08. The van der Waals surface area contributed by atoms with Gasteiger partial charge >= 0.3 is 5.97 Å². The molecule has 6 nitrogen and oxygen atoms in total. The second-order valence-electron chi connectivity index (χ2n) is 5.42. The molecule has 0 aliphatic carbocycles. The van der Waals surface area contributed by atoms with Gasteiger partial charge in [-0.25, -0.2) is 4.79 Å². The van der Waals surface area contributed by atoms with Gasteiger partial charge in [0, 0.05) is 16.0 Å². The fraction of sp³-hybridized carbons (Fsp3) is 0.385. The molecule has 0 unspecified atom stereocenters. The van der Waals surface area contributed by atoms with Gasteiger partial charge < -0.3 is 5.11 Å². The lowest BCUT2D eigenvalue weighted by molar-refractivity contribution is 0.0702. The van der Waals surface area contributed by atoms with Crippen LogP contribution in [0.1, 0.15) is 41.0 Å². The smallest absolute Gasteiger partial charge is 0.345 e.